The third kappa shape index (κ3) is 2.75. The second-order valence-electron chi connectivity index (χ2n) is 5.55. The van der Waals surface area contributed by atoms with E-state index in [9.17, 15) is 9.50 Å². The van der Waals surface area contributed by atoms with Gasteiger partial charge in [-0.2, -0.15) is 5.10 Å². The second-order valence-corrected chi connectivity index (χ2v) is 5.55. The highest BCUT2D eigenvalue weighted by molar-refractivity contribution is 5.91. The predicted octanol–water partition coefficient (Wildman–Crippen LogP) is 3.36. The van der Waals surface area contributed by atoms with Crippen LogP contribution in [0.1, 0.15) is 29.6 Å². The van der Waals surface area contributed by atoms with Crippen molar-refractivity contribution in [3.8, 4) is 22.7 Å². The molecule has 0 aliphatic heterocycles. The van der Waals surface area contributed by atoms with E-state index in [-0.39, 0.29) is 11.4 Å². The highest BCUT2D eigenvalue weighted by atomic mass is 19.1. The lowest BCUT2D eigenvalue weighted by Crippen LogP contribution is -2.03. The van der Waals surface area contributed by atoms with Crippen LogP contribution in [-0.2, 0) is 6.42 Å². The zero-order chi connectivity index (χ0) is 18.1. The molecule has 0 aliphatic rings. The zero-order valence-corrected chi connectivity index (χ0v) is 14.0. The number of phenols is 1. The van der Waals surface area contributed by atoms with Crippen molar-refractivity contribution in [1.82, 2.24) is 14.9 Å². The van der Waals surface area contributed by atoms with Gasteiger partial charge in [0.15, 0.2) is 5.82 Å². The maximum Gasteiger partial charge on any atom is 0.152 e. The van der Waals surface area contributed by atoms with Gasteiger partial charge in [-0.1, -0.05) is 17.2 Å². The van der Waals surface area contributed by atoms with Gasteiger partial charge in [-0.25, -0.2) is 9.07 Å². The molecule has 25 heavy (non-hydrogen) atoms. The minimum atomic E-state index is -0.634. The molecule has 0 saturated carbocycles. The Kier molecular flexibility index (Phi) is 4.26. The van der Waals surface area contributed by atoms with E-state index in [4.69, 9.17) is 9.73 Å². The largest absolute Gasteiger partial charge is 0.508 e. The molecule has 0 aliphatic carbocycles. The number of rotatable bonds is 4. The van der Waals surface area contributed by atoms with Crippen molar-refractivity contribution in [2.75, 3.05) is 0 Å². The Morgan fingerprint density at radius 3 is 2.68 bits per heavy atom. The lowest BCUT2D eigenvalue weighted by atomic mass is 10.0. The van der Waals surface area contributed by atoms with Crippen molar-refractivity contribution < 1.29 is 19.2 Å². The van der Waals surface area contributed by atoms with Crippen molar-refractivity contribution in [2.24, 2.45) is 5.16 Å². The quantitative estimate of drug-likeness (QED) is 0.430. The first-order valence-corrected chi connectivity index (χ1v) is 7.69. The number of aromatic hydroxyl groups is 1. The molecule has 0 unspecified atom stereocenters. The van der Waals surface area contributed by atoms with Crippen molar-refractivity contribution in [3.63, 3.8) is 0 Å². The maximum atomic E-state index is 14.4. The Morgan fingerprint density at radius 2 is 2.12 bits per heavy atom. The molecule has 0 radical (unpaired) electrons. The Labute approximate surface area is 143 Å². The molecule has 130 valence electrons. The van der Waals surface area contributed by atoms with Crippen LogP contribution < -0.4 is 0 Å². The predicted molar refractivity (Wildman–Crippen MR) is 88.9 cm³/mol. The molecule has 2 N–H and O–H groups in total. The molecule has 0 saturated heterocycles. The molecule has 0 fully saturated rings. The van der Waals surface area contributed by atoms with E-state index in [0.717, 1.165) is 6.07 Å². The monoisotopic (exact) mass is 344 g/mol. The van der Waals surface area contributed by atoms with Crippen LogP contribution in [0.2, 0.25) is 0 Å². The number of aryl methyl sites for hydroxylation is 3. The molecule has 0 spiro atoms. The minimum absolute atomic E-state index is 0.153. The Bertz CT molecular complexity index is 940. The van der Waals surface area contributed by atoms with Gasteiger partial charge in [-0.3, -0.25) is 0 Å². The molecular formula is C17H17FN4O3. The molecular weight excluding hydrogens is 327 g/mol. The first kappa shape index (κ1) is 16.7. The molecule has 1 aromatic carbocycles. The zero-order valence-electron chi connectivity index (χ0n) is 14.0. The highest BCUT2D eigenvalue weighted by Gasteiger charge is 2.25. The number of nitrogens with zero attached hydrogens (tertiary/aromatic N) is 4. The van der Waals surface area contributed by atoms with Crippen LogP contribution >= 0.6 is 0 Å². The number of oxime groups is 1. The Hall–Kier alpha value is -3.16. The average molecular weight is 344 g/mol. The first-order valence-electron chi connectivity index (χ1n) is 7.69. The van der Waals surface area contributed by atoms with E-state index in [1.54, 1.807) is 13.8 Å². The van der Waals surface area contributed by atoms with E-state index < -0.39 is 5.82 Å². The van der Waals surface area contributed by atoms with Gasteiger partial charge in [0.05, 0.1) is 28.9 Å². The van der Waals surface area contributed by atoms with E-state index in [0.29, 0.717) is 40.4 Å². The minimum Gasteiger partial charge on any atom is -0.508 e. The fourth-order valence-electron chi connectivity index (χ4n) is 2.83. The third-order valence-electron chi connectivity index (χ3n) is 3.95. The molecule has 2 aromatic heterocycles. The summed E-state index contributed by atoms with van der Waals surface area (Å²) in [7, 11) is 0. The summed E-state index contributed by atoms with van der Waals surface area (Å²) < 4.78 is 21.1. The van der Waals surface area contributed by atoms with E-state index in [1.807, 2.05) is 6.92 Å². The Balaban J connectivity index is 2.39. The average Bonchev–Trinajstić information content (AvgIpc) is 3.08. The van der Waals surface area contributed by atoms with Crippen LogP contribution in [0, 0.1) is 19.7 Å². The van der Waals surface area contributed by atoms with Crippen LogP contribution in [0.3, 0.4) is 0 Å². The summed E-state index contributed by atoms with van der Waals surface area (Å²) in [5, 5.41) is 30.1. The van der Waals surface area contributed by atoms with Gasteiger partial charge >= 0.3 is 0 Å². The lowest BCUT2D eigenvalue weighted by Gasteiger charge is -2.09. The Morgan fingerprint density at radius 1 is 1.36 bits per heavy atom. The summed E-state index contributed by atoms with van der Waals surface area (Å²) in [5.41, 5.74) is 3.09. The smallest absolute Gasteiger partial charge is 0.152 e. The van der Waals surface area contributed by atoms with Crippen LogP contribution in [0.25, 0.3) is 16.9 Å². The van der Waals surface area contributed by atoms with E-state index in [1.165, 1.54) is 23.0 Å². The summed E-state index contributed by atoms with van der Waals surface area (Å²) in [6.45, 7) is 5.40. The van der Waals surface area contributed by atoms with Crippen molar-refractivity contribution in [3.05, 3.63) is 46.7 Å². The summed E-state index contributed by atoms with van der Waals surface area (Å²) in [6.07, 6.45) is 1.81. The van der Waals surface area contributed by atoms with E-state index in [2.05, 4.69) is 15.4 Å². The number of phenolic OH excluding ortho intramolecular Hbond substituents is 1. The summed E-state index contributed by atoms with van der Waals surface area (Å²) >= 11 is 0. The summed E-state index contributed by atoms with van der Waals surface area (Å²) in [4.78, 5) is 0. The van der Waals surface area contributed by atoms with Crippen molar-refractivity contribution in [2.45, 2.75) is 27.2 Å². The van der Waals surface area contributed by atoms with Crippen molar-refractivity contribution >= 4 is 6.21 Å². The molecule has 3 rings (SSSR count). The van der Waals surface area contributed by atoms with Crippen LogP contribution in [0.5, 0.6) is 5.75 Å². The highest BCUT2D eigenvalue weighted by Crippen LogP contribution is 2.34. The molecule has 0 amide bonds. The number of halogens is 1. The first-order chi connectivity index (χ1) is 12.0. The topological polar surface area (TPSA) is 96.7 Å². The standard InChI is InChI=1S/C17H17FN4O3/c1-4-14-12(8-19-24)17(16-9(2)21-25-10(16)3)22(20-14)15-6-5-11(23)7-13(15)18/h5-8,23-24H,4H2,1-3H3/b19-8+. The van der Waals surface area contributed by atoms with Crippen LogP contribution in [0.15, 0.2) is 27.9 Å². The number of hydrogen-bond donors (Lipinski definition) is 2. The molecule has 0 bridgehead atoms. The fourth-order valence-corrected chi connectivity index (χ4v) is 2.83. The van der Waals surface area contributed by atoms with Gasteiger partial charge in [0.1, 0.15) is 17.2 Å². The van der Waals surface area contributed by atoms with Gasteiger partial charge in [0.25, 0.3) is 0 Å². The number of aromatic nitrogens is 3. The molecule has 0 atom stereocenters. The van der Waals surface area contributed by atoms with Gasteiger partial charge in [0.2, 0.25) is 0 Å². The van der Waals surface area contributed by atoms with Gasteiger partial charge in [0, 0.05) is 11.6 Å². The van der Waals surface area contributed by atoms with Crippen LogP contribution in [-0.4, -0.2) is 31.5 Å². The third-order valence-corrected chi connectivity index (χ3v) is 3.95. The number of benzene rings is 1. The van der Waals surface area contributed by atoms with E-state index >= 15 is 0 Å². The van der Waals surface area contributed by atoms with Gasteiger partial charge in [-0.05, 0) is 32.4 Å². The molecule has 7 nitrogen and oxygen atoms in total. The molecule has 2 heterocycles. The van der Waals surface area contributed by atoms with Gasteiger partial charge < -0.3 is 14.8 Å². The van der Waals surface area contributed by atoms with Gasteiger partial charge in [-0.15, -0.1) is 0 Å². The lowest BCUT2D eigenvalue weighted by molar-refractivity contribution is 0.322. The number of hydrogen-bond acceptors (Lipinski definition) is 6. The maximum absolute atomic E-state index is 14.4. The summed E-state index contributed by atoms with van der Waals surface area (Å²) in [5.74, 6) is -0.279. The normalized spacial score (nSPS) is 11.5. The molecule has 8 heteroatoms. The fraction of sp³-hybridized carbons (Fsp3) is 0.235. The second kappa shape index (κ2) is 6.39. The SMILES string of the molecule is CCc1nn(-c2ccc(O)cc2F)c(-c2c(C)noc2C)c1/C=N/O. The van der Waals surface area contributed by atoms with Crippen LogP contribution in [0.4, 0.5) is 4.39 Å². The van der Waals surface area contributed by atoms with Crippen molar-refractivity contribution in [1.29, 1.82) is 0 Å². The summed E-state index contributed by atoms with van der Waals surface area (Å²) in [6, 6.07) is 3.82. The molecule has 3 aromatic rings.